The van der Waals surface area contributed by atoms with E-state index in [2.05, 4.69) is 10.2 Å². The van der Waals surface area contributed by atoms with Crippen LogP contribution in [-0.2, 0) is 23.1 Å². The molecule has 2 rings (SSSR count). The first-order valence-electron chi connectivity index (χ1n) is 5.88. The van der Waals surface area contributed by atoms with Gasteiger partial charge in [0, 0.05) is 30.7 Å². The molecule has 0 unspecified atom stereocenters. The van der Waals surface area contributed by atoms with E-state index in [-0.39, 0.29) is 18.1 Å². The Morgan fingerprint density at radius 2 is 2.00 bits per heavy atom. The molecule has 3 N–H and O–H groups in total. The molecule has 0 fully saturated rings. The van der Waals surface area contributed by atoms with Crippen molar-refractivity contribution < 1.29 is 8.42 Å². The van der Waals surface area contributed by atoms with Crippen LogP contribution in [0.25, 0.3) is 0 Å². The fourth-order valence-electron chi connectivity index (χ4n) is 1.76. The van der Waals surface area contributed by atoms with Gasteiger partial charge in [0.05, 0.1) is 6.20 Å². The van der Waals surface area contributed by atoms with Crippen LogP contribution in [0, 0.1) is 0 Å². The number of hydrogen-bond acceptors (Lipinski definition) is 4. The number of hydrogen-bond donors (Lipinski definition) is 2. The van der Waals surface area contributed by atoms with Crippen LogP contribution in [0.3, 0.4) is 0 Å². The van der Waals surface area contributed by atoms with Gasteiger partial charge in [-0.1, -0.05) is 23.7 Å². The molecule has 0 saturated carbocycles. The first-order chi connectivity index (χ1) is 9.45. The number of nitrogens with zero attached hydrogens (tertiary/aromatic N) is 2. The Morgan fingerprint density at radius 3 is 2.60 bits per heavy atom. The van der Waals surface area contributed by atoms with Gasteiger partial charge in [0.25, 0.3) is 10.0 Å². The number of rotatable bonds is 5. The number of benzene rings is 1. The molecule has 0 bridgehead atoms. The summed E-state index contributed by atoms with van der Waals surface area (Å²) in [4.78, 5) is 0. The molecule has 0 aliphatic carbocycles. The van der Waals surface area contributed by atoms with Crippen molar-refractivity contribution in [3.8, 4) is 0 Å². The fraction of sp³-hybridized carbons (Fsp3) is 0.250. The van der Waals surface area contributed by atoms with Crippen LogP contribution in [0.2, 0.25) is 5.02 Å². The summed E-state index contributed by atoms with van der Waals surface area (Å²) >= 11 is 5.80. The van der Waals surface area contributed by atoms with Gasteiger partial charge in [-0.2, -0.15) is 9.40 Å². The minimum Gasteiger partial charge on any atom is -0.326 e. The highest BCUT2D eigenvalue weighted by Gasteiger charge is 2.25. The van der Waals surface area contributed by atoms with Crippen LogP contribution in [0.4, 0.5) is 0 Å². The summed E-state index contributed by atoms with van der Waals surface area (Å²) in [5, 5.41) is 6.87. The van der Waals surface area contributed by atoms with E-state index in [1.165, 1.54) is 17.5 Å². The maximum atomic E-state index is 12.4. The van der Waals surface area contributed by atoms with Gasteiger partial charge in [-0.25, -0.2) is 8.42 Å². The van der Waals surface area contributed by atoms with Crippen molar-refractivity contribution in [1.29, 1.82) is 0 Å². The molecule has 108 valence electrons. The zero-order valence-corrected chi connectivity index (χ0v) is 12.4. The van der Waals surface area contributed by atoms with Crippen molar-refractivity contribution in [2.75, 3.05) is 7.05 Å². The van der Waals surface area contributed by atoms with Gasteiger partial charge in [-0.15, -0.1) is 0 Å². The van der Waals surface area contributed by atoms with E-state index in [0.29, 0.717) is 10.6 Å². The van der Waals surface area contributed by atoms with Gasteiger partial charge in [0.1, 0.15) is 0 Å². The van der Waals surface area contributed by atoms with Crippen molar-refractivity contribution in [3.63, 3.8) is 0 Å². The molecule has 0 spiro atoms. The Bertz CT molecular complexity index is 682. The maximum Gasteiger partial charge on any atom is 0.260 e. The molecule has 0 aliphatic heterocycles. The molecule has 0 amide bonds. The SMILES string of the molecule is CN(Cc1ccc(Cl)cc1)S(=O)(=O)c1[nH]ncc1CN. The lowest BCUT2D eigenvalue weighted by Crippen LogP contribution is -2.27. The molecular weight excluding hydrogens is 300 g/mol. The first-order valence-corrected chi connectivity index (χ1v) is 7.70. The molecule has 20 heavy (non-hydrogen) atoms. The number of nitrogens with two attached hydrogens (primary N) is 1. The molecule has 0 aliphatic rings. The second kappa shape index (κ2) is 5.92. The highest BCUT2D eigenvalue weighted by Crippen LogP contribution is 2.18. The average Bonchev–Trinajstić information content (AvgIpc) is 2.90. The fourth-order valence-corrected chi connectivity index (χ4v) is 3.15. The Kier molecular flexibility index (Phi) is 4.44. The van der Waals surface area contributed by atoms with Crippen LogP contribution < -0.4 is 5.73 Å². The third-order valence-electron chi connectivity index (χ3n) is 2.88. The normalized spacial score (nSPS) is 12.0. The van der Waals surface area contributed by atoms with Gasteiger partial charge in [0.2, 0.25) is 0 Å². The van der Waals surface area contributed by atoms with Crippen molar-refractivity contribution in [2.24, 2.45) is 5.73 Å². The van der Waals surface area contributed by atoms with Crippen molar-refractivity contribution in [3.05, 3.63) is 46.6 Å². The van der Waals surface area contributed by atoms with Gasteiger partial charge in [-0.05, 0) is 17.7 Å². The highest BCUT2D eigenvalue weighted by molar-refractivity contribution is 7.89. The average molecular weight is 315 g/mol. The Labute approximate surface area is 122 Å². The maximum absolute atomic E-state index is 12.4. The number of aromatic amines is 1. The van der Waals surface area contributed by atoms with Crippen LogP contribution >= 0.6 is 11.6 Å². The standard InChI is InChI=1S/C12H15ClN4O2S/c1-17(8-9-2-4-11(13)5-3-9)20(18,19)12-10(6-14)7-15-16-12/h2-5,7H,6,8,14H2,1H3,(H,15,16). The van der Waals surface area contributed by atoms with Crippen LogP contribution in [0.1, 0.15) is 11.1 Å². The van der Waals surface area contributed by atoms with Gasteiger partial charge in [0.15, 0.2) is 5.03 Å². The molecule has 6 nitrogen and oxygen atoms in total. The second-order valence-electron chi connectivity index (χ2n) is 4.32. The summed E-state index contributed by atoms with van der Waals surface area (Å²) in [6.07, 6.45) is 1.42. The summed E-state index contributed by atoms with van der Waals surface area (Å²) in [6, 6.07) is 7.01. The van der Waals surface area contributed by atoms with E-state index in [0.717, 1.165) is 5.56 Å². The minimum atomic E-state index is -3.64. The molecule has 8 heteroatoms. The number of nitrogens with one attached hydrogen (secondary N) is 1. The molecule has 0 radical (unpaired) electrons. The number of halogens is 1. The number of sulfonamides is 1. The van der Waals surface area contributed by atoms with Crippen LogP contribution in [0.15, 0.2) is 35.5 Å². The third-order valence-corrected chi connectivity index (χ3v) is 4.96. The molecule has 1 aromatic carbocycles. The second-order valence-corrected chi connectivity index (χ2v) is 6.73. The van der Waals surface area contributed by atoms with Crippen molar-refractivity contribution >= 4 is 21.6 Å². The smallest absolute Gasteiger partial charge is 0.260 e. The summed E-state index contributed by atoms with van der Waals surface area (Å²) in [5.74, 6) is 0. The lowest BCUT2D eigenvalue weighted by molar-refractivity contribution is 0.463. The van der Waals surface area contributed by atoms with Gasteiger partial charge < -0.3 is 5.73 Å². The molecule has 1 heterocycles. The van der Waals surface area contributed by atoms with E-state index >= 15 is 0 Å². The van der Waals surface area contributed by atoms with Gasteiger partial charge in [-0.3, -0.25) is 5.10 Å². The highest BCUT2D eigenvalue weighted by atomic mass is 35.5. The Morgan fingerprint density at radius 1 is 1.35 bits per heavy atom. The van der Waals surface area contributed by atoms with E-state index in [1.54, 1.807) is 24.3 Å². The lowest BCUT2D eigenvalue weighted by Gasteiger charge is -2.17. The molecule has 1 aromatic heterocycles. The number of H-pyrrole nitrogens is 1. The third kappa shape index (κ3) is 3.01. The van der Waals surface area contributed by atoms with E-state index in [4.69, 9.17) is 17.3 Å². The Hall–Kier alpha value is -1.41. The molecule has 0 atom stereocenters. The molecule has 0 saturated heterocycles. The summed E-state index contributed by atoms with van der Waals surface area (Å²) in [7, 11) is -2.14. The minimum absolute atomic E-state index is 0.0384. The number of aromatic nitrogens is 2. The topological polar surface area (TPSA) is 92.1 Å². The van der Waals surface area contributed by atoms with Crippen molar-refractivity contribution in [2.45, 2.75) is 18.1 Å². The monoisotopic (exact) mass is 314 g/mol. The first kappa shape index (κ1) is 15.0. The van der Waals surface area contributed by atoms with Crippen LogP contribution in [-0.4, -0.2) is 30.0 Å². The zero-order valence-electron chi connectivity index (χ0n) is 10.9. The predicted octanol–water partition coefficient (Wildman–Crippen LogP) is 1.34. The quantitative estimate of drug-likeness (QED) is 0.871. The summed E-state index contributed by atoms with van der Waals surface area (Å²) in [5.41, 5.74) is 6.81. The van der Waals surface area contributed by atoms with Gasteiger partial charge >= 0.3 is 0 Å². The van der Waals surface area contributed by atoms with E-state index < -0.39 is 10.0 Å². The van der Waals surface area contributed by atoms with Crippen LogP contribution in [0.5, 0.6) is 0 Å². The molecular formula is C12H15ClN4O2S. The Balaban J connectivity index is 2.23. The van der Waals surface area contributed by atoms with E-state index in [9.17, 15) is 8.42 Å². The van der Waals surface area contributed by atoms with Crippen molar-refractivity contribution in [1.82, 2.24) is 14.5 Å². The lowest BCUT2D eigenvalue weighted by atomic mass is 10.2. The molecule has 2 aromatic rings. The zero-order chi connectivity index (χ0) is 14.8. The predicted molar refractivity (Wildman–Crippen MR) is 76.6 cm³/mol. The largest absolute Gasteiger partial charge is 0.326 e. The summed E-state index contributed by atoms with van der Waals surface area (Å²) < 4.78 is 26.1. The van der Waals surface area contributed by atoms with E-state index in [1.807, 2.05) is 0 Å². The summed E-state index contributed by atoms with van der Waals surface area (Å²) in [6.45, 7) is 0.350.